The van der Waals surface area contributed by atoms with Gasteiger partial charge in [-0.1, -0.05) is 17.6 Å². The molecule has 0 amide bonds. The molecule has 1 aliphatic rings. The average molecular weight is 313 g/mol. The standard InChI is InChI=1S/C16H16FN5O/c1-22(8-13-20-16(23-21-13)10-4-2-5-10)15-14-11(17)6-3-7-12(14)18-9-19-15/h3,6-7,9-10H,2,4-5,8H2,1H3. The molecule has 1 fully saturated rings. The molecule has 0 aliphatic heterocycles. The molecule has 2 aromatic heterocycles. The van der Waals surface area contributed by atoms with Crippen LogP contribution in [0.4, 0.5) is 10.2 Å². The summed E-state index contributed by atoms with van der Waals surface area (Å²) in [5, 5.41) is 4.43. The van der Waals surface area contributed by atoms with Crippen molar-refractivity contribution in [2.24, 2.45) is 0 Å². The molecule has 1 aliphatic carbocycles. The van der Waals surface area contributed by atoms with Crippen molar-refractivity contribution in [3.05, 3.63) is 42.1 Å². The lowest BCUT2D eigenvalue weighted by Crippen LogP contribution is -2.19. The van der Waals surface area contributed by atoms with Gasteiger partial charge in [0.05, 0.1) is 17.4 Å². The molecule has 0 unspecified atom stereocenters. The van der Waals surface area contributed by atoms with Gasteiger partial charge in [-0.2, -0.15) is 4.98 Å². The molecule has 118 valence electrons. The molecule has 6 nitrogen and oxygen atoms in total. The van der Waals surface area contributed by atoms with E-state index in [9.17, 15) is 4.39 Å². The van der Waals surface area contributed by atoms with Gasteiger partial charge < -0.3 is 9.42 Å². The molecule has 0 bridgehead atoms. The van der Waals surface area contributed by atoms with Gasteiger partial charge in [0.15, 0.2) is 5.82 Å². The van der Waals surface area contributed by atoms with Gasteiger partial charge in [0.2, 0.25) is 5.89 Å². The average Bonchev–Trinajstić information content (AvgIpc) is 2.93. The Hall–Kier alpha value is -2.57. The van der Waals surface area contributed by atoms with Crippen LogP contribution in [0, 0.1) is 5.82 Å². The van der Waals surface area contributed by atoms with E-state index in [1.165, 1.54) is 18.8 Å². The summed E-state index contributed by atoms with van der Waals surface area (Å²) >= 11 is 0. The van der Waals surface area contributed by atoms with Crippen molar-refractivity contribution in [2.75, 3.05) is 11.9 Å². The van der Waals surface area contributed by atoms with E-state index in [0.717, 1.165) is 12.8 Å². The van der Waals surface area contributed by atoms with Crippen molar-refractivity contribution in [3.63, 3.8) is 0 Å². The highest BCUT2D eigenvalue weighted by molar-refractivity contribution is 5.89. The van der Waals surface area contributed by atoms with Crippen molar-refractivity contribution < 1.29 is 8.91 Å². The number of aromatic nitrogens is 4. The largest absolute Gasteiger partial charge is 0.351 e. The highest BCUT2D eigenvalue weighted by atomic mass is 19.1. The fraction of sp³-hybridized carbons (Fsp3) is 0.375. The van der Waals surface area contributed by atoms with Gasteiger partial charge in [0.1, 0.15) is 18.0 Å². The van der Waals surface area contributed by atoms with Crippen LogP contribution >= 0.6 is 0 Å². The Balaban J connectivity index is 1.61. The summed E-state index contributed by atoms with van der Waals surface area (Å²) in [7, 11) is 1.83. The fourth-order valence-electron chi connectivity index (χ4n) is 2.78. The Morgan fingerprint density at radius 2 is 2.17 bits per heavy atom. The highest BCUT2D eigenvalue weighted by Crippen LogP contribution is 2.35. The van der Waals surface area contributed by atoms with Crippen LogP contribution in [0.5, 0.6) is 0 Å². The third-order valence-corrected chi connectivity index (χ3v) is 4.27. The number of benzene rings is 1. The Bertz CT molecular complexity index is 840. The van der Waals surface area contributed by atoms with Crippen molar-refractivity contribution in [1.29, 1.82) is 0 Å². The number of nitrogens with zero attached hydrogens (tertiary/aromatic N) is 5. The molecule has 0 atom stereocenters. The smallest absolute Gasteiger partial charge is 0.229 e. The lowest BCUT2D eigenvalue weighted by molar-refractivity contribution is 0.291. The molecule has 1 saturated carbocycles. The lowest BCUT2D eigenvalue weighted by atomic mass is 9.85. The zero-order valence-corrected chi connectivity index (χ0v) is 12.7. The summed E-state index contributed by atoms with van der Waals surface area (Å²) in [6.45, 7) is 0.399. The minimum atomic E-state index is -0.340. The van der Waals surface area contributed by atoms with Crippen LogP contribution < -0.4 is 4.90 Å². The second-order valence-electron chi connectivity index (χ2n) is 5.86. The maximum Gasteiger partial charge on any atom is 0.229 e. The third kappa shape index (κ3) is 2.52. The van der Waals surface area contributed by atoms with Crippen molar-refractivity contribution in [3.8, 4) is 0 Å². The minimum Gasteiger partial charge on any atom is -0.351 e. The zero-order chi connectivity index (χ0) is 15.8. The quantitative estimate of drug-likeness (QED) is 0.737. The molecule has 1 aromatic carbocycles. The second kappa shape index (κ2) is 5.57. The predicted molar refractivity (Wildman–Crippen MR) is 82.5 cm³/mol. The number of hydrogen-bond acceptors (Lipinski definition) is 6. The van der Waals surface area contributed by atoms with Crippen LogP contribution in [-0.2, 0) is 6.54 Å². The Morgan fingerprint density at radius 3 is 2.96 bits per heavy atom. The van der Waals surface area contributed by atoms with Crippen LogP contribution in [0.15, 0.2) is 29.0 Å². The van der Waals surface area contributed by atoms with E-state index in [-0.39, 0.29) is 5.82 Å². The molecule has 0 N–H and O–H groups in total. The maximum atomic E-state index is 14.2. The lowest BCUT2D eigenvalue weighted by Gasteiger charge is -2.20. The zero-order valence-electron chi connectivity index (χ0n) is 12.7. The minimum absolute atomic E-state index is 0.340. The van der Waals surface area contributed by atoms with Gasteiger partial charge in [-0.25, -0.2) is 14.4 Å². The monoisotopic (exact) mass is 313 g/mol. The highest BCUT2D eigenvalue weighted by Gasteiger charge is 2.25. The van der Waals surface area contributed by atoms with Crippen LogP contribution in [0.25, 0.3) is 10.9 Å². The Morgan fingerprint density at radius 1 is 1.30 bits per heavy atom. The van der Waals surface area contributed by atoms with Crippen molar-refractivity contribution in [1.82, 2.24) is 20.1 Å². The Kier molecular flexibility index (Phi) is 3.40. The molecule has 3 aromatic rings. The molecule has 4 rings (SSSR count). The molecule has 7 heteroatoms. The summed E-state index contributed by atoms with van der Waals surface area (Å²) in [6.07, 6.45) is 4.87. The first-order chi connectivity index (χ1) is 11.2. The third-order valence-electron chi connectivity index (χ3n) is 4.27. The normalized spacial score (nSPS) is 14.9. The molecule has 0 spiro atoms. The summed E-state index contributed by atoms with van der Waals surface area (Å²) < 4.78 is 19.5. The van der Waals surface area contributed by atoms with Gasteiger partial charge >= 0.3 is 0 Å². The first-order valence-corrected chi connectivity index (χ1v) is 7.65. The molecule has 2 heterocycles. The fourth-order valence-corrected chi connectivity index (χ4v) is 2.78. The number of anilines is 1. The van der Waals surface area contributed by atoms with Gasteiger partial charge in [0.25, 0.3) is 0 Å². The molecule has 0 saturated heterocycles. The van der Waals surface area contributed by atoms with Crippen LogP contribution in [-0.4, -0.2) is 27.2 Å². The van der Waals surface area contributed by atoms with Crippen LogP contribution in [0.1, 0.15) is 36.9 Å². The van der Waals surface area contributed by atoms with Crippen molar-refractivity contribution in [2.45, 2.75) is 31.7 Å². The SMILES string of the molecule is CN(Cc1noc(C2CCC2)n1)c1ncnc2cccc(F)c12. The first-order valence-electron chi connectivity index (χ1n) is 7.65. The first kappa shape index (κ1) is 14.0. The van der Waals surface area contributed by atoms with Gasteiger partial charge in [0, 0.05) is 13.0 Å². The van der Waals surface area contributed by atoms with E-state index < -0.39 is 0 Å². The van der Waals surface area contributed by atoms with Gasteiger partial charge in [-0.3, -0.25) is 0 Å². The number of fused-ring (bicyclic) bond motifs is 1. The second-order valence-corrected chi connectivity index (χ2v) is 5.86. The molecular weight excluding hydrogens is 297 g/mol. The summed E-state index contributed by atoms with van der Waals surface area (Å²) in [6, 6.07) is 4.81. The van der Waals surface area contributed by atoms with Gasteiger partial charge in [-0.15, -0.1) is 0 Å². The number of halogens is 1. The molecule has 0 radical (unpaired) electrons. The topological polar surface area (TPSA) is 67.9 Å². The van der Waals surface area contributed by atoms with E-state index in [1.54, 1.807) is 12.1 Å². The van der Waals surface area contributed by atoms with Crippen LogP contribution in [0.3, 0.4) is 0 Å². The summed E-state index contributed by atoms with van der Waals surface area (Å²) in [4.78, 5) is 14.6. The number of hydrogen-bond donors (Lipinski definition) is 0. The summed E-state index contributed by atoms with van der Waals surface area (Å²) in [5.41, 5.74) is 0.574. The van der Waals surface area contributed by atoms with E-state index in [4.69, 9.17) is 4.52 Å². The molecular formula is C16H16FN5O. The van der Waals surface area contributed by atoms with Crippen LogP contribution in [0.2, 0.25) is 0 Å². The Labute approximate surface area is 132 Å². The van der Waals surface area contributed by atoms with E-state index >= 15 is 0 Å². The van der Waals surface area contributed by atoms with E-state index in [1.807, 2.05) is 11.9 Å². The number of rotatable bonds is 4. The predicted octanol–water partition coefficient (Wildman–Crippen LogP) is 3.06. The molecule has 23 heavy (non-hydrogen) atoms. The summed E-state index contributed by atoms with van der Waals surface area (Å²) in [5.74, 6) is 1.87. The van der Waals surface area contributed by atoms with E-state index in [2.05, 4.69) is 20.1 Å². The van der Waals surface area contributed by atoms with Crippen molar-refractivity contribution >= 4 is 16.7 Å². The van der Waals surface area contributed by atoms with E-state index in [0.29, 0.717) is 40.9 Å². The maximum absolute atomic E-state index is 14.2. The van der Waals surface area contributed by atoms with Gasteiger partial charge in [-0.05, 0) is 25.0 Å².